The zero-order chi connectivity index (χ0) is 12.7. The molecule has 0 bridgehead atoms. The van der Waals surface area contributed by atoms with Crippen LogP contribution in [0.25, 0.3) is 11.2 Å². The maximum atomic E-state index is 11.2. The van der Waals surface area contributed by atoms with Crippen molar-refractivity contribution < 1.29 is 4.42 Å². The molecule has 7 heteroatoms. The highest BCUT2D eigenvalue weighted by molar-refractivity contribution is 5.70. The zero-order valence-electron chi connectivity index (χ0n) is 10.1. The molecule has 3 N–H and O–H groups in total. The summed E-state index contributed by atoms with van der Waals surface area (Å²) in [7, 11) is 2.01. The Balaban J connectivity index is 2.06. The first-order valence-corrected chi connectivity index (χ1v) is 5.94. The van der Waals surface area contributed by atoms with Crippen LogP contribution >= 0.6 is 0 Å². The Bertz CT molecular complexity index is 619. The number of nitrogens with two attached hydrogens (primary N) is 1. The molecule has 2 unspecified atom stereocenters. The van der Waals surface area contributed by atoms with E-state index in [1.807, 2.05) is 7.05 Å². The topological polar surface area (TPSA) is 101 Å². The zero-order valence-corrected chi connectivity index (χ0v) is 10.1. The van der Waals surface area contributed by atoms with Crippen LogP contribution in [0.5, 0.6) is 0 Å². The smallest absolute Gasteiger partial charge is 0.389 e. The number of aromatic nitrogens is 3. The number of hydrogen-bond acceptors (Lipinski definition) is 6. The molecule has 3 rings (SSSR count). The van der Waals surface area contributed by atoms with Crippen molar-refractivity contribution in [2.45, 2.75) is 24.9 Å². The summed E-state index contributed by atoms with van der Waals surface area (Å²) in [5.41, 5.74) is 7.64. The van der Waals surface area contributed by atoms with Crippen LogP contribution in [0.3, 0.4) is 0 Å². The fourth-order valence-corrected chi connectivity index (χ4v) is 2.57. The number of hydrogen-bond donors (Lipinski definition) is 2. The van der Waals surface area contributed by atoms with E-state index in [2.05, 4.69) is 19.9 Å². The maximum absolute atomic E-state index is 11.2. The summed E-state index contributed by atoms with van der Waals surface area (Å²) >= 11 is 0. The van der Waals surface area contributed by atoms with Gasteiger partial charge >= 0.3 is 5.76 Å². The van der Waals surface area contributed by atoms with Gasteiger partial charge in [0.25, 0.3) is 5.71 Å². The van der Waals surface area contributed by atoms with Crippen molar-refractivity contribution in [2.24, 2.45) is 5.73 Å². The summed E-state index contributed by atoms with van der Waals surface area (Å²) in [6, 6.07) is 0.343. The molecule has 18 heavy (non-hydrogen) atoms. The van der Waals surface area contributed by atoms with Gasteiger partial charge in [-0.15, -0.1) is 0 Å². The van der Waals surface area contributed by atoms with E-state index in [0.29, 0.717) is 11.2 Å². The molecule has 0 radical (unpaired) electrons. The quantitative estimate of drug-likeness (QED) is 0.738. The number of fused-ring (bicyclic) bond motifs is 1. The minimum absolute atomic E-state index is 0.142. The summed E-state index contributed by atoms with van der Waals surface area (Å²) in [5, 5.41) is 0. The summed E-state index contributed by atoms with van der Waals surface area (Å²) < 4.78 is 4.95. The molecule has 3 heterocycles. The molecular formula is C11H15N5O2. The summed E-state index contributed by atoms with van der Waals surface area (Å²) in [5.74, 6) is -0.498. The van der Waals surface area contributed by atoms with Gasteiger partial charge in [-0.2, -0.15) is 4.98 Å². The van der Waals surface area contributed by atoms with Gasteiger partial charge in [-0.1, -0.05) is 0 Å². The highest BCUT2D eigenvalue weighted by Crippen LogP contribution is 2.30. The third kappa shape index (κ3) is 1.81. The van der Waals surface area contributed by atoms with E-state index in [0.717, 1.165) is 25.1 Å². The van der Waals surface area contributed by atoms with Crippen LogP contribution in [0.2, 0.25) is 0 Å². The number of H-pyrrole nitrogens is 1. The standard InChI is InChI=1S/C11H15N5O2/c1-16-4-6(12)2-3-7(16)8-9-10(14-5-13-8)18-11(17)15-9/h5-7H,2-4,12H2,1H3,(H,15,17). The average molecular weight is 249 g/mol. The second kappa shape index (κ2) is 4.18. The lowest BCUT2D eigenvalue weighted by atomic mass is 9.96. The van der Waals surface area contributed by atoms with Crippen molar-refractivity contribution in [3.05, 3.63) is 22.6 Å². The third-order valence-electron chi connectivity index (χ3n) is 3.44. The fraction of sp³-hybridized carbons (Fsp3) is 0.545. The summed E-state index contributed by atoms with van der Waals surface area (Å²) in [6.07, 6.45) is 3.29. The van der Waals surface area contributed by atoms with Gasteiger partial charge in [0.1, 0.15) is 11.8 Å². The molecule has 0 amide bonds. The van der Waals surface area contributed by atoms with Crippen molar-refractivity contribution in [3.63, 3.8) is 0 Å². The van der Waals surface area contributed by atoms with Crippen LogP contribution in [0.4, 0.5) is 0 Å². The number of oxazole rings is 1. The molecule has 96 valence electrons. The van der Waals surface area contributed by atoms with Crippen molar-refractivity contribution in [1.82, 2.24) is 19.9 Å². The van der Waals surface area contributed by atoms with Crippen LogP contribution in [-0.4, -0.2) is 39.5 Å². The maximum Gasteiger partial charge on any atom is 0.418 e. The molecule has 0 saturated carbocycles. The number of nitrogens with one attached hydrogen (secondary N) is 1. The first-order chi connectivity index (χ1) is 8.65. The molecule has 2 aromatic heterocycles. The van der Waals surface area contributed by atoms with Gasteiger partial charge in [-0.3, -0.25) is 9.88 Å². The van der Waals surface area contributed by atoms with E-state index < -0.39 is 5.76 Å². The van der Waals surface area contributed by atoms with Gasteiger partial charge in [0, 0.05) is 12.6 Å². The Morgan fingerprint density at radius 1 is 1.50 bits per heavy atom. The van der Waals surface area contributed by atoms with Crippen LogP contribution in [-0.2, 0) is 0 Å². The summed E-state index contributed by atoms with van der Waals surface area (Å²) in [6.45, 7) is 0.818. The fourth-order valence-electron chi connectivity index (χ4n) is 2.57. The number of nitrogens with zero attached hydrogens (tertiary/aromatic N) is 3. The van der Waals surface area contributed by atoms with Crippen LogP contribution in [0, 0.1) is 0 Å². The average Bonchev–Trinajstić information content (AvgIpc) is 2.69. The Kier molecular flexibility index (Phi) is 2.64. The second-order valence-electron chi connectivity index (χ2n) is 4.75. The van der Waals surface area contributed by atoms with Gasteiger partial charge in [-0.25, -0.2) is 9.78 Å². The molecule has 1 fully saturated rings. The van der Waals surface area contributed by atoms with Crippen molar-refractivity contribution in [2.75, 3.05) is 13.6 Å². The van der Waals surface area contributed by atoms with Gasteiger partial charge in [0.05, 0.1) is 11.7 Å². The third-order valence-corrected chi connectivity index (χ3v) is 3.44. The minimum atomic E-state index is -0.498. The number of aromatic amines is 1. The Hall–Kier alpha value is -1.73. The predicted molar refractivity (Wildman–Crippen MR) is 65.0 cm³/mol. The molecule has 7 nitrogen and oxygen atoms in total. The SMILES string of the molecule is CN1CC(N)CCC1c1ncnc2oc(=O)[nH]c12. The first kappa shape index (κ1) is 11.4. The number of piperidine rings is 1. The molecule has 2 atom stereocenters. The van der Waals surface area contributed by atoms with E-state index >= 15 is 0 Å². The molecule has 1 saturated heterocycles. The number of likely N-dealkylation sites (tertiary alicyclic amines) is 1. The minimum Gasteiger partial charge on any atom is -0.389 e. The van der Waals surface area contributed by atoms with Crippen molar-refractivity contribution >= 4 is 11.2 Å². The largest absolute Gasteiger partial charge is 0.418 e. The monoisotopic (exact) mass is 249 g/mol. The molecule has 0 aliphatic carbocycles. The number of likely N-dealkylation sites (N-methyl/N-ethyl adjacent to an activating group) is 1. The van der Waals surface area contributed by atoms with E-state index in [1.54, 1.807) is 0 Å². The Morgan fingerprint density at radius 3 is 3.11 bits per heavy atom. The van der Waals surface area contributed by atoms with E-state index in [9.17, 15) is 4.79 Å². The van der Waals surface area contributed by atoms with Crippen LogP contribution < -0.4 is 11.5 Å². The van der Waals surface area contributed by atoms with Gasteiger partial charge < -0.3 is 10.2 Å². The van der Waals surface area contributed by atoms with Crippen LogP contribution in [0.1, 0.15) is 24.6 Å². The lowest BCUT2D eigenvalue weighted by Gasteiger charge is -2.35. The molecule has 1 aliphatic rings. The normalized spacial score (nSPS) is 25.7. The van der Waals surface area contributed by atoms with Gasteiger partial charge in [0.2, 0.25) is 0 Å². The lowest BCUT2D eigenvalue weighted by molar-refractivity contribution is 0.167. The highest BCUT2D eigenvalue weighted by Gasteiger charge is 2.28. The lowest BCUT2D eigenvalue weighted by Crippen LogP contribution is -2.42. The highest BCUT2D eigenvalue weighted by atomic mass is 16.4. The van der Waals surface area contributed by atoms with Gasteiger partial charge in [0.15, 0.2) is 0 Å². The van der Waals surface area contributed by atoms with Gasteiger partial charge in [-0.05, 0) is 19.9 Å². The Morgan fingerprint density at radius 2 is 2.33 bits per heavy atom. The van der Waals surface area contributed by atoms with E-state index in [4.69, 9.17) is 10.2 Å². The predicted octanol–water partition coefficient (Wildman–Crippen LogP) is 0.00510. The van der Waals surface area contributed by atoms with E-state index in [-0.39, 0.29) is 12.1 Å². The molecule has 1 aliphatic heterocycles. The molecule has 2 aromatic rings. The summed E-state index contributed by atoms with van der Waals surface area (Å²) in [4.78, 5) is 24.3. The van der Waals surface area contributed by atoms with Crippen LogP contribution in [0.15, 0.2) is 15.5 Å². The number of rotatable bonds is 1. The van der Waals surface area contributed by atoms with Crippen molar-refractivity contribution in [3.8, 4) is 0 Å². The first-order valence-electron chi connectivity index (χ1n) is 5.94. The molecular weight excluding hydrogens is 234 g/mol. The van der Waals surface area contributed by atoms with E-state index in [1.165, 1.54) is 6.33 Å². The molecule has 0 spiro atoms. The van der Waals surface area contributed by atoms with Crippen molar-refractivity contribution in [1.29, 1.82) is 0 Å². The second-order valence-corrected chi connectivity index (χ2v) is 4.75. The Labute approximate surface area is 103 Å². The molecule has 0 aromatic carbocycles.